The average molecular weight is 182 g/mol. The lowest BCUT2D eigenvalue weighted by Crippen LogP contribution is -2.31. The van der Waals surface area contributed by atoms with E-state index in [1.54, 1.807) is 0 Å². The normalized spacial score (nSPS) is 19.0. The van der Waals surface area contributed by atoms with Gasteiger partial charge in [0.05, 0.1) is 0 Å². The maximum atomic E-state index is 5.53. The predicted molar refractivity (Wildman–Crippen MR) is 57.6 cm³/mol. The summed E-state index contributed by atoms with van der Waals surface area (Å²) in [5.41, 5.74) is 5.53. The van der Waals surface area contributed by atoms with E-state index in [1.165, 1.54) is 19.4 Å². The highest BCUT2D eigenvalue weighted by Gasteiger charge is 2.28. The van der Waals surface area contributed by atoms with E-state index in [2.05, 4.69) is 18.4 Å². The molecule has 1 fully saturated rings. The summed E-state index contributed by atoms with van der Waals surface area (Å²) in [5, 5.41) is 0. The van der Waals surface area contributed by atoms with Gasteiger partial charge in [-0.2, -0.15) is 0 Å². The van der Waals surface area contributed by atoms with Crippen molar-refractivity contribution in [3.63, 3.8) is 0 Å². The maximum absolute atomic E-state index is 5.53. The van der Waals surface area contributed by atoms with Crippen LogP contribution in [0.2, 0.25) is 0 Å². The number of nitrogens with zero attached hydrogens (tertiary/aromatic N) is 1. The molecule has 0 radical (unpaired) electrons. The van der Waals surface area contributed by atoms with Gasteiger partial charge in [0.15, 0.2) is 0 Å². The van der Waals surface area contributed by atoms with E-state index in [4.69, 9.17) is 5.73 Å². The molecule has 0 amide bonds. The van der Waals surface area contributed by atoms with E-state index in [1.807, 2.05) is 6.08 Å². The van der Waals surface area contributed by atoms with Gasteiger partial charge in [-0.25, -0.2) is 0 Å². The molecular weight excluding hydrogens is 160 g/mol. The van der Waals surface area contributed by atoms with Crippen LogP contribution < -0.4 is 5.73 Å². The van der Waals surface area contributed by atoms with Crippen LogP contribution in [0.4, 0.5) is 0 Å². The van der Waals surface area contributed by atoms with Gasteiger partial charge in [0.1, 0.15) is 0 Å². The van der Waals surface area contributed by atoms with Crippen molar-refractivity contribution in [2.45, 2.75) is 32.2 Å². The van der Waals surface area contributed by atoms with Gasteiger partial charge >= 0.3 is 0 Å². The highest BCUT2D eigenvalue weighted by atomic mass is 15.2. The summed E-state index contributed by atoms with van der Waals surface area (Å²) in [6, 6.07) is 0.846. The molecule has 1 atom stereocenters. The van der Waals surface area contributed by atoms with Crippen LogP contribution in [-0.2, 0) is 0 Å². The fourth-order valence-corrected chi connectivity index (χ4v) is 1.75. The molecule has 1 rings (SSSR count). The Balaban J connectivity index is 2.23. The van der Waals surface area contributed by atoms with Crippen LogP contribution in [0.1, 0.15) is 26.2 Å². The Morgan fingerprint density at radius 2 is 2.31 bits per heavy atom. The van der Waals surface area contributed by atoms with Crippen LogP contribution in [0.3, 0.4) is 0 Å². The van der Waals surface area contributed by atoms with Crippen molar-refractivity contribution in [1.82, 2.24) is 4.90 Å². The van der Waals surface area contributed by atoms with E-state index in [-0.39, 0.29) is 0 Å². The van der Waals surface area contributed by atoms with Gasteiger partial charge in [0.25, 0.3) is 0 Å². The summed E-state index contributed by atoms with van der Waals surface area (Å²) >= 11 is 0. The molecule has 76 valence electrons. The Labute approximate surface area is 81.8 Å². The Kier molecular flexibility index (Phi) is 4.46. The minimum Gasteiger partial charge on any atom is -0.330 e. The molecular formula is C11H22N2. The average Bonchev–Trinajstić information content (AvgIpc) is 2.86. The van der Waals surface area contributed by atoms with Crippen molar-refractivity contribution in [3.05, 3.63) is 12.7 Å². The quantitative estimate of drug-likeness (QED) is 0.606. The molecule has 2 heteroatoms. The second kappa shape index (κ2) is 5.40. The predicted octanol–water partition coefficient (Wildman–Crippen LogP) is 1.62. The van der Waals surface area contributed by atoms with Gasteiger partial charge in [-0.15, -0.1) is 6.58 Å². The molecule has 0 saturated heterocycles. The van der Waals surface area contributed by atoms with Crippen molar-refractivity contribution in [2.75, 3.05) is 19.6 Å². The second-order valence-electron chi connectivity index (χ2n) is 4.16. The summed E-state index contributed by atoms with van der Waals surface area (Å²) < 4.78 is 0. The van der Waals surface area contributed by atoms with Gasteiger partial charge in [0, 0.05) is 19.1 Å². The summed E-state index contributed by atoms with van der Waals surface area (Å²) in [7, 11) is 0. The molecule has 0 spiro atoms. The summed E-state index contributed by atoms with van der Waals surface area (Å²) in [6.07, 6.45) is 5.90. The van der Waals surface area contributed by atoms with Gasteiger partial charge in [-0.1, -0.05) is 13.0 Å². The monoisotopic (exact) mass is 182 g/mol. The lowest BCUT2D eigenvalue weighted by atomic mass is 10.1. The SMILES string of the molecule is C=CCN(CC(C)CCN)C1CC1. The number of nitrogens with two attached hydrogens (primary N) is 1. The van der Waals surface area contributed by atoms with Crippen molar-refractivity contribution in [1.29, 1.82) is 0 Å². The minimum atomic E-state index is 0.727. The molecule has 1 unspecified atom stereocenters. The highest BCUT2D eigenvalue weighted by Crippen LogP contribution is 2.27. The van der Waals surface area contributed by atoms with Crippen LogP contribution in [0.25, 0.3) is 0 Å². The molecule has 2 nitrogen and oxygen atoms in total. The standard InChI is InChI=1S/C11H22N2/c1-3-8-13(11-4-5-11)9-10(2)6-7-12/h3,10-11H,1,4-9,12H2,2H3. The molecule has 1 aliphatic rings. The molecule has 0 aliphatic heterocycles. The Morgan fingerprint density at radius 3 is 2.77 bits per heavy atom. The Bertz CT molecular complexity index is 152. The van der Waals surface area contributed by atoms with E-state index >= 15 is 0 Å². The highest BCUT2D eigenvalue weighted by molar-refractivity contribution is 4.88. The van der Waals surface area contributed by atoms with E-state index in [9.17, 15) is 0 Å². The first-order chi connectivity index (χ1) is 6.27. The van der Waals surface area contributed by atoms with Crippen LogP contribution >= 0.6 is 0 Å². The smallest absolute Gasteiger partial charge is 0.0163 e. The zero-order valence-corrected chi connectivity index (χ0v) is 8.71. The van der Waals surface area contributed by atoms with Gasteiger partial charge in [-0.05, 0) is 31.7 Å². The molecule has 0 heterocycles. The minimum absolute atomic E-state index is 0.727. The van der Waals surface area contributed by atoms with Crippen LogP contribution in [0.15, 0.2) is 12.7 Å². The van der Waals surface area contributed by atoms with Gasteiger partial charge in [-0.3, -0.25) is 4.90 Å². The molecule has 0 aromatic heterocycles. The summed E-state index contributed by atoms with van der Waals surface area (Å²) in [6.45, 7) is 9.12. The molecule has 1 saturated carbocycles. The molecule has 0 aromatic carbocycles. The largest absolute Gasteiger partial charge is 0.330 e. The lowest BCUT2D eigenvalue weighted by Gasteiger charge is -2.23. The first-order valence-corrected chi connectivity index (χ1v) is 5.33. The molecule has 13 heavy (non-hydrogen) atoms. The number of rotatable bonds is 7. The third-order valence-electron chi connectivity index (χ3n) is 2.63. The topological polar surface area (TPSA) is 29.3 Å². The second-order valence-corrected chi connectivity index (χ2v) is 4.16. The summed E-state index contributed by atoms with van der Waals surface area (Å²) in [4.78, 5) is 2.54. The third kappa shape index (κ3) is 3.92. The van der Waals surface area contributed by atoms with Crippen LogP contribution in [0.5, 0.6) is 0 Å². The Hall–Kier alpha value is -0.340. The van der Waals surface area contributed by atoms with Crippen molar-refractivity contribution in [2.24, 2.45) is 11.7 Å². The Morgan fingerprint density at radius 1 is 1.62 bits per heavy atom. The fourth-order valence-electron chi connectivity index (χ4n) is 1.75. The first kappa shape index (κ1) is 10.7. The molecule has 0 aromatic rings. The maximum Gasteiger partial charge on any atom is 0.0163 e. The van der Waals surface area contributed by atoms with Crippen LogP contribution in [0, 0.1) is 5.92 Å². The molecule has 2 N–H and O–H groups in total. The van der Waals surface area contributed by atoms with Crippen molar-refractivity contribution >= 4 is 0 Å². The van der Waals surface area contributed by atoms with E-state index < -0.39 is 0 Å². The lowest BCUT2D eigenvalue weighted by molar-refractivity contribution is 0.246. The van der Waals surface area contributed by atoms with Crippen molar-refractivity contribution in [3.8, 4) is 0 Å². The summed E-state index contributed by atoms with van der Waals surface area (Å²) in [5.74, 6) is 0.727. The number of hydrogen-bond donors (Lipinski definition) is 1. The fraction of sp³-hybridized carbons (Fsp3) is 0.818. The van der Waals surface area contributed by atoms with Crippen LogP contribution in [-0.4, -0.2) is 30.6 Å². The van der Waals surface area contributed by atoms with Gasteiger partial charge < -0.3 is 5.73 Å². The zero-order chi connectivity index (χ0) is 9.68. The van der Waals surface area contributed by atoms with Gasteiger partial charge in [0.2, 0.25) is 0 Å². The first-order valence-electron chi connectivity index (χ1n) is 5.33. The number of hydrogen-bond acceptors (Lipinski definition) is 2. The van der Waals surface area contributed by atoms with E-state index in [0.29, 0.717) is 0 Å². The molecule has 1 aliphatic carbocycles. The van der Waals surface area contributed by atoms with Crippen molar-refractivity contribution < 1.29 is 0 Å². The zero-order valence-electron chi connectivity index (χ0n) is 8.71. The third-order valence-corrected chi connectivity index (χ3v) is 2.63. The van der Waals surface area contributed by atoms with E-state index in [0.717, 1.165) is 31.5 Å². The molecule has 0 bridgehead atoms.